The van der Waals surface area contributed by atoms with Gasteiger partial charge in [0, 0.05) is 17.5 Å². The van der Waals surface area contributed by atoms with Crippen LogP contribution in [0, 0.1) is 0 Å². The maximum absolute atomic E-state index is 12.5. The summed E-state index contributed by atoms with van der Waals surface area (Å²) in [5.74, 6) is -1.69. The van der Waals surface area contributed by atoms with Crippen LogP contribution >= 0.6 is 22.9 Å². The van der Waals surface area contributed by atoms with Gasteiger partial charge in [0.2, 0.25) is 0 Å². The minimum absolute atomic E-state index is 0.167. The standard InChI is InChI=1S/C16H17ClN2O4S/c1-3-16(15(21)22,10-4-6-11(17)7-5-10)19-14(20)12-9-24-13(18-12)8-23-2/h4-7,9H,3,8H2,1-2H3,(H,19,20)(H,21,22). The van der Waals surface area contributed by atoms with Crippen LogP contribution in [0.25, 0.3) is 0 Å². The van der Waals surface area contributed by atoms with E-state index in [0.29, 0.717) is 22.2 Å². The van der Waals surface area contributed by atoms with Crippen LogP contribution in [0.2, 0.25) is 5.02 Å². The Balaban J connectivity index is 2.32. The number of halogens is 1. The lowest BCUT2D eigenvalue weighted by Crippen LogP contribution is -2.51. The highest BCUT2D eigenvalue weighted by atomic mass is 35.5. The molecule has 1 aromatic carbocycles. The van der Waals surface area contributed by atoms with Crippen LogP contribution in [0.4, 0.5) is 0 Å². The number of carboxylic acid groups (broad SMARTS) is 1. The zero-order chi connectivity index (χ0) is 17.7. The van der Waals surface area contributed by atoms with Gasteiger partial charge in [-0.25, -0.2) is 9.78 Å². The SMILES string of the molecule is CCC(NC(=O)c1csc(COC)n1)(C(=O)O)c1ccc(Cl)cc1. The van der Waals surface area contributed by atoms with Gasteiger partial charge in [0.25, 0.3) is 5.91 Å². The number of ether oxygens (including phenoxy) is 1. The number of aliphatic carboxylic acids is 1. The van der Waals surface area contributed by atoms with Crippen LogP contribution in [0.5, 0.6) is 0 Å². The zero-order valence-electron chi connectivity index (χ0n) is 13.2. The molecule has 8 heteroatoms. The van der Waals surface area contributed by atoms with Gasteiger partial charge < -0.3 is 15.2 Å². The van der Waals surface area contributed by atoms with Crippen LogP contribution in [0.15, 0.2) is 29.6 Å². The van der Waals surface area contributed by atoms with Gasteiger partial charge in [-0.15, -0.1) is 11.3 Å². The molecule has 1 atom stereocenters. The Kier molecular flexibility index (Phi) is 5.93. The first-order valence-corrected chi connectivity index (χ1v) is 8.44. The summed E-state index contributed by atoms with van der Waals surface area (Å²) in [6.45, 7) is 1.99. The van der Waals surface area contributed by atoms with Crippen LogP contribution in [-0.4, -0.2) is 29.1 Å². The second-order valence-corrected chi connectivity index (χ2v) is 6.46. The molecule has 24 heavy (non-hydrogen) atoms. The fraction of sp³-hybridized carbons (Fsp3) is 0.312. The molecule has 0 bridgehead atoms. The van der Waals surface area contributed by atoms with Gasteiger partial charge in [-0.1, -0.05) is 30.7 Å². The summed E-state index contributed by atoms with van der Waals surface area (Å²) in [4.78, 5) is 28.6. The van der Waals surface area contributed by atoms with Crippen molar-refractivity contribution < 1.29 is 19.4 Å². The molecule has 2 rings (SSSR count). The molecule has 2 N–H and O–H groups in total. The smallest absolute Gasteiger partial charge is 0.334 e. The molecular formula is C16H17ClN2O4S. The molecule has 0 spiro atoms. The summed E-state index contributed by atoms with van der Waals surface area (Å²) >= 11 is 7.14. The third-order valence-corrected chi connectivity index (χ3v) is 4.69. The number of thiazole rings is 1. The summed E-state index contributed by atoms with van der Waals surface area (Å²) in [6.07, 6.45) is 0.171. The van der Waals surface area contributed by atoms with Crippen molar-refractivity contribution in [2.24, 2.45) is 0 Å². The Morgan fingerprint density at radius 1 is 1.38 bits per heavy atom. The molecule has 0 saturated carbocycles. The Morgan fingerprint density at radius 2 is 2.04 bits per heavy atom. The second-order valence-electron chi connectivity index (χ2n) is 5.08. The van der Waals surface area contributed by atoms with Crippen molar-refractivity contribution in [3.63, 3.8) is 0 Å². The molecule has 0 aliphatic heterocycles. The molecule has 0 fully saturated rings. The number of nitrogens with zero attached hydrogens (tertiary/aromatic N) is 1. The van der Waals surface area contributed by atoms with Crippen molar-refractivity contribution in [3.8, 4) is 0 Å². The molecule has 1 unspecified atom stereocenters. The first-order chi connectivity index (χ1) is 11.4. The first-order valence-electron chi connectivity index (χ1n) is 7.18. The Hall–Kier alpha value is -1.96. The van der Waals surface area contributed by atoms with Gasteiger partial charge in [0.1, 0.15) is 10.7 Å². The van der Waals surface area contributed by atoms with Gasteiger partial charge in [0.15, 0.2) is 5.54 Å². The van der Waals surface area contributed by atoms with E-state index in [1.165, 1.54) is 18.4 Å². The van der Waals surface area contributed by atoms with Crippen molar-refractivity contribution in [2.75, 3.05) is 7.11 Å². The average molecular weight is 369 g/mol. The first kappa shape index (κ1) is 18.4. The van der Waals surface area contributed by atoms with Gasteiger partial charge in [-0.05, 0) is 24.1 Å². The number of amides is 1. The average Bonchev–Trinajstić information content (AvgIpc) is 3.02. The lowest BCUT2D eigenvalue weighted by atomic mass is 9.87. The third kappa shape index (κ3) is 3.75. The minimum Gasteiger partial charge on any atom is -0.479 e. The molecule has 1 aromatic heterocycles. The topological polar surface area (TPSA) is 88.5 Å². The molecule has 0 radical (unpaired) electrons. The number of carbonyl (C=O) groups excluding carboxylic acids is 1. The van der Waals surface area contributed by atoms with Gasteiger partial charge in [-0.2, -0.15) is 0 Å². The number of carbonyl (C=O) groups is 2. The van der Waals surface area contributed by atoms with Crippen molar-refractivity contribution in [3.05, 3.63) is 50.9 Å². The second kappa shape index (κ2) is 7.74. The van der Waals surface area contributed by atoms with Crippen LogP contribution in [0.1, 0.15) is 34.4 Å². The number of hydrogen-bond donors (Lipinski definition) is 2. The highest BCUT2D eigenvalue weighted by Crippen LogP contribution is 2.27. The summed E-state index contributed by atoms with van der Waals surface area (Å²) in [6, 6.07) is 6.38. The minimum atomic E-state index is -1.55. The molecular weight excluding hydrogens is 352 g/mol. The Labute approximate surface area is 148 Å². The molecule has 1 heterocycles. The van der Waals surface area contributed by atoms with E-state index in [0.717, 1.165) is 0 Å². The number of nitrogens with one attached hydrogen (secondary N) is 1. The number of hydrogen-bond acceptors (Lipinski definition) is 5. The maximum atomic E-state index is 12.5. The van der Waals surface area contributed by atoms with Crippen molar-refractivity contribution in [1.29, 1.82) is 0 Å². The fourth-order valence-corrected chi connectivity index (χ4v) is 3.16. The monoisotopic (exact) mass is 368 g/mol. The molecule has 0 aliphatic carbocycles. The zero-order valence-corrected chi connectivity index (χ0v) is 14.8. The Bertz CT molecular complexity index is 732. The molecule has 2 aromatic rings. The summed E-state index contributed by atoms with van der Waals surface area (Å²) in [7, 11) is 1.54. The molecule has 0 saturated heterocycles. The van der Waals surface area contributed by atoms with E-state index >= 15 is 0 Å². The molecule has 0 aliphatic rings. The summed E-state index contributed by atoms with van der Waals surface area (Å²) in [5.41, 5.74) is -0.935. The van der Waals surface area contributed by atoms with E-state index in [1.54, 1.807) is 36.6 Å². The normalized spacial score (nSPS) is 13.3. The molecule has 1 amide bonds. The van der Waals surface area contributed by atoms with E-state index in [1.807, 2.05) is 0 Å². The number of rotatable bonds is 7. The largest absolute Gasteiger partial charge is 0.479 e. The predicted molar refractivity (Wildman–Crippen MR) is 91.4 cm³/mol. The number of benzene rings is 1. The summed E-state index contributed by atoms with van der Waals surface area (Å²) in [5, 5.41) is 15.1. The van der Waals surface area contributed by atoms with E-state index in [2.05, 4.69) is 10.3 Å². The number of aromatic nitrogens is 1. The molecule has 6 nitrogen and oxygen atoms in total. The van der Waals surface area contributed by atoms with Gasteiger partial charge in [-0.3, -0.25) is 4.79 Å². The van der Waals surface area contributed by atoms with Crippen molar-refractivity contribution in [2.45, 2.75) is 25.5 Å². The lowest BCUT2D eigenvalue weighted by molar-refractivity contribution is -0.145. The van der Waals surface area contributed by atoms with Gasteiger partial charge in [0.05, 0.1) is 6.61 Å². The van der Waals surface area contributed by atoms with Crippen molar-refractivity contribution in [1.82, 2.24) is 10.3 Å². The highest BCUT2D eigenvalue weighted by Gasteiger charge is 2.40. The van der Waals surface area contributed by atoms with Crippen LogP contribution in [-0.2, 0) is 21.7 Å². The van der Waals surface area contributed by atoms with Crippen molar-refractivity contribution >= 4 is 34.8 Å². The van der Waals surface area contributed by atoms with Crippen LogP contribution in [0.3, 0.4) is 0 Å². The quantitative estimate of drug-likeness (QED) is 0.784. The summed E-state index contributed by atoms with van der Waals surface area (Å²) < 4.78 is 4.97. The van der Waals surface area contributed by atoms with Gasteiger partial charge >= 0.3 is 5.97 Å². The molecule has 128 valence electrons. The van der Waals surface area contributed by atoms with E-state index in [-0.39, 0.29) is 12.1 Å². The maximum Gasteiger partial charge on any atom is 0.334 e. The number of methoxy groups -OCH3 is 1. The highest BCUT2D eigenvalue weighted by molar-refractivity contribution is 7.09. The fourth-order valence-electron chi connectivity index (χ4n) is 2.29. The van der Waals surface area contributed by atoms with E-state index in [4.69, 9.17) is 16.3 Å². The van der Waals surface area contributed by atoms with Crippen LogP contribution < -0.4 is 5.32 Å². The Morgan fingerprint density at radius 3 is 2.58 bits per heavy atom. The van der Waals surface area contributed by atoms with E-state index in [9.17, 15) is 14.7 Å². The van der Waals surface area contributed by atoms with E-state index < -0.39 is 17.4 Å². The predicted octanol–water partition coefficient (Wildman–Crippen LogP) is 3.06. The third-order valence-electron chi connectivity index (χ3n) is 3.61. The number of carboxylic acids is 1. The lowest BCUT2D eigenvalue weighted by Gasteiger charge is -2.29.